The summed E-state index contributed by atoms with van der Waals surface area (Å²) in [5.74, 6) is 1.66. The molecule has 2 saturated heterocycles. The van der Waals surface area contributed by atoms with Crippen molar-refractivity contribution in [3.63, 3.8) is 0 Å². The first kappa shape index (κ1) is 15.3. The number of hydrogen-bond acceptors (Lipinski definition) is 3. The van der Waals surface area contributed by atoms with Gasteiger partial charge in [-0.3, -0.25) is 4.90 Å². The molecule has 0 aromatic rings. The smallest absolute Gasteiger partial charge is 0.0547 e. The summed E-state index contributed by atoms with van der Waals surface area (Å²) < 4.78 is 5.72. The standard InChI is InChI=1S/C16H32N2O/c1-5-17-10-16(6-7-19-12-16)11-18-9-13(2)8-14(3)15(18)4/h13-15,17H,5-12H2,1-4H3. The Morgan fingerprint density at radius 2 is 2.11 bits per heavy atom. The van der Waals surface area contributed by atoms with Crippen LogP contribution in [0.2, 0.25) is 0 Å². The molecule has 2 rings (SSSR count). The predicted molar refractivity (Wildman–Crippen MR) is 80.4 cm³/mol. The fourth-order valence-electron chi connectivity index (χ4n) is 3.83. The predicted octanol–water partition coefficient (Wildman–Crippen LogP) is 2.37. The fraction of sp³-hybridized carbons (Fsp3) is 1.00. The molecule has 0 amide bonds. The SMILES string of the molecule is CCNCC1(CN2CC(C)CC(C)C2C)CCOC1. The highest BCUT2D eigenvalue weighted by Crippen LogP contribution is 2.34. The average Bonchev–Trinajstić information content (AvgIpc) is 2.82. The minimum atomic E-state index is 0.348. The lowest BCUT2D eigenvalue weighted by molar-refractivity contribution is 0.0301. The van der Waals surface area contributed by atoms with Gasteiger partial charge in [-0.25, -0.2) is 0 Å². The molecular formula is C16H32N2O. The van der Waals surface area contributed by atoms with Gasteiger partial charge in [0.2, 0.25) is 0 Å². The minimum absolute atomic E-state index is 0.348. The van der Waals surface area contributed by atoms with Crippen LogP contribution in [0.1, 0.15) is 40.5 Å². The van der Waals surface area contributed by atoms with Crippen molar-refractivity contribution in [1.82, 2.24) is 10.2 Å². The Balaban J connectivity index is 1.99. The van der Waals surface area contributed by atoms with Crippen molar-refractivity contribution >= 4 is 0 Å². The molecule has 4 unspecified atom stereocenters. The summed E-state index contributed by atoms with van der Waals surface area (Å²) in [6.45, 7) is 15.9. The van der Waals surface area contributed by atoms with Gasteiger partial charge in [-0.2, -0.15) is 0 Å². The van der Waals surface area contributed by atoms with Crippen molar-refractivity contribution in [1.29, 1.82) is 0 Å². The van der Waals surface area contributed by atoms with E-state index in [9.17, 15) is 0 Å². The monoisotopic (exact) mass is 268 g/mol. The van der Waals surface area contributed by atoms with E-state index in [1.807, 2.05) is 0 Å². The van der Waals surface area contributed by atoms with Gasteiger partial charge >= 0.3 is 0 Å². The van der Waals surface area contributed by atoms with Crippen molar-refractivity contribution in [3.8, 4) is 0 Å². The lowest BCUT2D eigenvalue weighted by Gasteiger charge is -2.45. The Bertz CT molecular complexity index is 276. The third-order valence-electron chi connectivity index (χ3n) is 5.19. The molecule has 3 heteroatoms. The lowest BCUT2D eigenvalue weighted by Crippen LogP contribution is -2.52. The number of nitrogens with zero attached hydrogens (tertiary/aromatic N) is 1. The number of hydrogen-bond donors (Lipinski definition) is 1. The molecule has 2 aliphatic rings. The van der Waals surface area contributed by atoms with Crippen LogP contribution in [0.3, 0.4) is 0 Å². The third-order valence-corrected chi connectivity index (χ3v) is 5.19. The molecule has 112 valence electrons. The highest BCUT2D eigenvalue weighted by atomic mass is 16.5. The highest BCUT2D eigenvalue weighted by Gasteiger charge is 2.39. The van der Waals surface area contributed by atoms with Gasteiger partial charge in [0, 0.05) is 37.7 Å². The van der Waals surface area contributed by atoms with E-state index in [2.05, 4.69) is 37.9 Å². The van der Waals surface area contributed by atoms with Crippen LogP contribution >= 0.6 is 0 Å². The van der Waals surface area contributed by atoms with Crippen LogP contribution in [0.5, 0.6) is 0 Å². The van der Waals surface area contributed by atoms with E-state index >= 15 is 0 Å². The topological polar surface area (TPSA) is 24.5 Å². The molecule has 0 aromatic heterocycles. The Morgan fingerprint density at radius 1 is 1.32 bits per heavy atom. The molecule has 2 heterocycles. The summed E-state index contributed by atoms with van der Waals surface area (Å²) in [4.78, 5) is 2.73. The van der Waals surface area contributed by atoms with Gasteiger partial charge in [0.25, 0.3) is 0 Å². The van der Waals surface area contributed by atoms with Crippen LogP contribution in [0, 0.1) is 17.3 Å². The first-order valence-corrected chi connectivity index (χ1v) is 8.09. The second-order valence-electron chi connectivity index (χ2n) is 7.07. The summed E-state index contributed by atoms with van der Waals surface area (Å²) in [6, 6.07) is 0.718. The molecule has 0 saturated carbocycles. The number of nitrogens with one attached hydrogen (secondary N) is 1. The largest absolute Gasteiger partial charge is 0.381 e. The van der Waals surface area contributed by atoms with Crippen LogP contribution < -0.4 is 5.32 Å². The summed E-state index contributed by atoms with van der Waals surface area (Å²) in [5, 5.41) is 3.55. The summed E-state index contributed by atoms with van der Waals surface area (Å²) in [5.41, 5.74) is 0.348. The quantitative estimate of drug-likeness (QED) is 0.828. The normalized spacial score (nSPS) is 40.7. The van der Waals surface area contributed by atoms with E-state index in [4.69, 9.17) is 4.74 Å². The van der Waals surface area contributed by atoms with Gasteiger partial charge in [0.1, 0.15) is 0 Å². The second-order valence-corrected chi connectivity index (χ2v) is 7.07. The molecule has 0 bridgehead atoms. The lowest BCUT2D eigenvalue weighted by atomic mass is 9.81. The first-order chi connectivity index (χ1) is 9.06. The zero-order valence-corrected chi connectivity index (χ0v) is 13.2. The van der Waals surface area contributed by atoms with E-state index in [0.29, 0.717) is 5.41 Å². The summed E-state index contributed by atoms with van der Waals surface area (Å²) in [7, 11) is 0. The Kier molecular flexibility index (Phi) is 5.27. The average molecular weight is 268 g/mol. The maximum Gasteiger partial charge on any atom is 0.0547 e. The Labute approximate surface area is 119 Å². The fourth-order valence-corrected chi connectivity index (χ4v) is 3.83. The zero-order chi connectivity index (χ0) is 13.9. The molecule has 19 heavy (non-hydrogen) atoms. The molecular weight excluding hydrogens is 236 g/mol. The van der Waals surface area contributed by atoms with Gasteiger partial charge in [-0.15, -0.1) is 0 Å². The van der Waals surface area contributed by atoms with Crippen LogP contribution in [0.4, 0.5) is 0 Å². The molecule has 0 aromatic carbocycles. The third kappa shape index (κ3) is 3.71. The summed E-state index contributed by atoms with van der Waals surface area (Å²) >= 11 is 0. The van der Waals surface area contributed by atoms with E-state index in [1.165, 1.54) is 25.9 Å². The van der Waals surface area contributed by atoms with Gasteiger partial charge < -0.3 is 10.1 Å². The molecule has 3 nitrogen and oxygen atoms in total. The van der Waals surface area contributed by atoms with Crippen LogP contribution in [0.15, 0.2) is 0 Å². The molecule has 0 radical (unpaired) electrons. The molecule has 0 spiro atoms. The van der Waals surface area contributed by atoms with Crippen LogP contribution in [-0.4, -0.2) is 50.3 Å². The molecule has 2 aliphatic heterocycles. The molecule has 2 fully saturated rings. The number of piperidine rings is 1. The van der Waals surface area contributed by atoms with E-state index in [-0.39, 0.29) is 0 Å². The van der Waals surface area contributed by atoms with Crippen molar-refractivity contribution < 1.29 is 4.74 Å². The summed E-state index contributed by atoms with van der Waals surface area (Å²) in [6.07, 6.45) is 2.60. The highest BCUT2D eigenvalue weighted by molar-refractivity contribution is 4.92. The number of rotatable bonds is 5. The van der Waals surface area contributed by atoms with Crippen LogP contribution in [-0.2, 0) is 4.74 Å². The van der Waals surface area contributed by atoms with E-state index < -0.39 is 0 Å². The Morgan fingerprint density at radius 3 is 2.74 bits per heavy atom. The van der Waals surface area contributed by atoms with Gasteiger partial charge in [0.05, 0.1) is 6.61 Å². The molecule has 0 aliphatic carbocycles. The van der Waals surface area contributed by atoms with Crippen molar-refractivity contribution in [2.45, 2.75) is 46.6 Å². The molecule has 4 atom stereocenters. The van der Waals surface area contributed by atoms with Crippen molar-refractivity contribution in [3.05, 3.63) is 0 Å². The first-order valence-electron chi connectivity index (χ1n) is 8.09. The maximum atomic E-state index is 5.72. The second kappa shape index (κ2) is 6.55. The number of ether oxygens (including phenoxy) is 1. The van der Waals surface area contributed by atoms with Gasteiger partial charge in [-0.05, 0) is 38.1 Å². The van der Waals surface area contributed by atoms with Crippen molar-refractivity contribution in [2.24, 2.45) is 17.3 Å². The van der Waals surface area contributed by atoms with E-state index in [1.54, 1.807) is 0 Å². The zero-order valence-electron chi connectivity index (χ0n) is 13.2. The maximum absolute atomic E-state index is 5.72. The Hall–Kier alpha value is -0.120. The number of likely N-dealkylation sites (tertiary alicyclic amines) is 1. The molecule has 1 N–H and O–H groups in total. The van der Waals surface area contributed by atoms with Crippen molar-refractivity contribution in [2.75, 3.05) is 39.4 Å². The van der Waals surface area contributed by atoms with E-state index in [0.717, 1.165) is 44.2 Å². The van der Waals surface area contributed by atoms with Gasteiger partial charge in [0.15, 0.2) is 0 Å². The van der Waals surface area contributed by atoms with Crippen LogP contribution in [0.25, 0.3) is 0 Å². The van der Waals surface area contributed by atoms with Gasteiger partial charge in [-0.1, -0.05) is 20.8 Å². The minimum Gasteiger partial charge on any atom is -0.381 e.